The third kappa shape index (κ3) is 3.36. The van der Waals surface area contributed by atoms with Gasteiger partial charge >= 0.3 is 0 Å². The maximum absolute atomic E-state index is 12.2. The second kappa shape index (κ2) is 6.73. The fourth-order valence-corrected chi connectivity index (χ4v) is 2.24. The summed E-state index contributed by atoms with van der Waals surface area (Å²) in [6.45, 7) is 1.12. The van der Waals surface area contributed by atoms with E-state index in [2.05, 4.69) is 10.3 Å². The van der Waals surface area contributed by atoms with E-state index >= 15 is 0 Å². The number of nitrogens with zero attached hydrogens (tertiary/aromatic N) is 4. The maximum atomic E-state index is 12.2. The first-order chi connectivity index (χ1) is 9.26. The van der Waals surface area contributed by atoms with E-state index in [-0.39, 0.29) is 12.5 Å². The van der Waals surface area contributed by atoms with Crippen molar-refractivity contribution in [2.75, 3.05) is 24.8 Å². The van der Waals surface area contributed by atoms with Crippen LogP contribution in [0.3, 0.4) is 0 Å². The highest BCUT2D eigenvalue weighted by Crippen LogP contribution is 2.10. The number of benzene rings is 1. The SMILES string of the molecule is O=C(Cn1nnc2ccccc21)N(CCCl)CCCl. The van der Waals surface area contributed by atoms with Crippen LogP contribution < -0.4 is 0 Å². The van der Waals surface area contributed by atoms with Crippen LogP contribution in [0.4, 0.5) is 0 Å². The van der Waals surface area contributed by atoms with E-state index in [0.29, 0.717) is 24.8 Å². The summed E-state index contributed by atoms with van der Waals surface area (Å²) in [6.07, 6.45) is 0. The van der Waals surface area contributed by atoms with Gasteiger partial charge in [0.05, 0.1) is 5.52 Å². The molecule has 0 aliphatic rings. The number of hydrogen-bond donors (Lipinski definition) is 0. The van der Waals surface area contributed by atoms with Crippen LogP contribution in [-0.2, 0) is 11.3 Å². The molecule has 1 aromatic carbocycles. The minimum absolute atomic E-state index is 0.0584. The van der Waals surface area contributed by atoms with Gasteiger partial charge in [-0.3, -0.25) is 4.79 Å². The number of aromatic nitrogens is 3. The monoisotopic (exact) mass is 300 g/mol. The third-order valence-electron chi connectivity index (χ3n) is 2.77. The fraction of sp³-hybridized carbons (Fsp3) is 0.417. The number of halogens is 2. The first-order valence-electron chi connectivity index (χ1n) is 5.94. The number of rotatable bonds is 6. The number of amides is 1. The van der Waals surface area contributed by atoms with Crippen LogP contribution >= 0.6 is 23.2 Å². The normalized spacial score (nSPS) is 10.8. The van der Waals surface area contributed by atoms with Gasteiger partial charge in [0, 0.05) is 24.8 Å². The van der Waals surface area contributed by atoms with Gasteiger partial charge in [0.1, 0.15) is 12.1 Å². The molecule has 0 unspecified atom stereocenters. The van der Waals surface area contributed by atoms with E-state index in [9.17, 15) is 4.79 Å². The minimum atomic E-state index is -0.0584. The molecule has 0 atom stereocenters. The van der Waals surface area contributed by atoms with Gasteiger partial charge in [0.25, 0.3) is 0 Å². The fourth-order valence-electron chi connectivity index (χ4n) is 1.83. The van der Waals surface area contributed by atoms with Crippen LogP contribution in [0.15, 0.2) is 24.3 Å². The van der Waals surface area contributed by atoms with E-state index in [4.69, 9.17) is 23.2 Å². The Morgan fingerprint density at radius 3 is 2.58 bits per heavy atom. The molecule has 1 amide bonds. The predicted octanol–water partition coefficient (Wildman–Crippen LogP) is 1.74. The Kier molecular flexibility index (Phi) is 4.99. The number of fused-ring (bicyclic) bond motifs is 1. The third-order valence-corrected chi connectivity index (χ3v) is 3.10. The number of carbonyl (C=O) groups excluding carboxylic acids is 1. The first-order valence-corrected chi connectivity index (χ1v) is 7.01. The van der Waals surface area contributed by atoms with Crippen molar-refractivity contribution in [3.8, 4) is 0 Å². The van der Waals surface area contributed by atoms with Crippen molar-refractivity contribution in [3.05, 3.63) is 24.3 Å². The minimum Gasteiger partial charge on any atom is -0.339 e. The number of para-hydroxylation sites is 1. The van der Waals surface area contributed by atoms with Crippen molar-refractivity contribution in [1.82, 2.24) is 19.9 Å². The zero-order valence-corrected chi connectivity index (χ0v) is 11.8. The number of carbonyl (C=O) groups is 1. The summed E-state index contributed by atoms with van der Waals surface area (Å²) in [5.41, 5.74) is 1.61. The Bertz CT molecular complexity index is 551. The Labute approximate surface area is 121 Å². The zero-order valence-electron chi connectivity index (χ0n) is 10.3. The predicted molar refractivity (Wildman–Crippen MR) is 75.5 cm³/mol. The topological polar surface area (TPSA) is 51.0 Å². The standard InChI is InChI=1S/C12H14Cl2N4O/c13-5-7-17(8-6-14)12(19)9-18-11-4-2-1-3-10(11)15-16-18/h1-4H,5-9H2. The molecule has 0 saturated heterocycles. The molecule has 102 valence electrons. The molecule has 0 fully saturated rings. The average molecular weight is 301 g/mol. The van der Waals surface area contributed by atoms with Crippen molar-refractivity contribution in [3.63, 3.8) is 0 Å². The molecule has 2 rings (SSSR count). The number of hydrogen-bond acceptors (Lipinski definition) is 3. The molecule has 5 nitrogen and oxygen atoms in total. The van der Waals surface area contributed by atoms with E-state index < -0.39 is 0 Å². The molecule has 19 heavy (non-hydrogen) atoms. The van der Waals surface area contributed by atoms with Gasteiger partial charge in [0.15, 0.2) is 0 Å². The van der Waals surface area contributed by atoms with Gasteiger partial charge in [-0.2, -0.15) is 0 Å². The van der Waals surface area contributed by atoms with Crippen LogP contribution in [0.2, 0.25) is 0 Å². The summed E-state index contributed by atoms with van der Waals surface area (Å²) < 4.78 is 1.59. The summed E-state index contributed by atoms with van der Waals surface area (Å²) in [4.78, 5) is 13.8. The molecular formula is C12H14Cl2N4O. The van der Waals surface area contributed by atoms with Gasteiger partial charge in [-0.05, 0) is 12.1 Å². The summed E-state index contributed by atoms with van der Waals surface area (Å²) in [5, 5.41) is 8.00. The molecule has 0 aliphatic heterocycles. The second-order valence-electron chi connectivity index (χ2n) is 3.99. The van der Waals surface area contributed by atoms with E-state index in [1.54, 1.807) is 9.58 Å². The van der Waals surface area contributed by atoms with E-state index in [1.165, 1.54) is 0 Å². The van der Waals surface area contributed by atoms with Gasteiger partial charge < -0.3 is 4.90 Å². The van der Waals surface area contributed by atoms with Gasteiger partial charge in [-0.25, -0.2) is 4.68 Å². The molecule has 2 aromatic rings. The van der Waals surface area contributed by atoms with Crippen LogP contribution in [0.1, 0.15) is 0 Å². The lowest BCUT2D eigenvalue weighted by molar-refractivity contribution is -0.131. The molecule has 0 bridgehead atoms. The molecule has 0 radical (unpaired) electrons. The molecule has 7 heteroatoms. The average Bonchev–Trinajstić information content (AvgIpc) is 2.82. The molecule has 1 heterocycles. The van der Waals surface area contributed by atoms with Crippen LogP contribution in [0.5, 0.6) is 0 Å². The molecule has 1 aromatic heterocycles. The largest absolute Gasteiger partial charge is 0.339 e. The molecule has 0 aliphatic carbocycles. The molecular weight excluding hydrogens is 287 g/mol. The summed E-state index contributed by atoms with van der Waals surface area (Å²) in [7, 11) is 0. The van der Waals surface area contributed by atoms with Gasteiger partial charge in [0.2, 0.25) is 5.91 Å². The van der Waals surface area contributed by atoms with Crippen molar-refractivity contribution in [2.24, 2.45) is 0 Å². The van der Waals surface area contributed by atoms with Crippen LogP contribution in [0, 0.1) is 0 Å². The Balaban J connectivity index is 2.13. The first kappa shape index (κ1) is 14.1. The summed E-state index contributed by atoms with van der Waals surface area (Å²) in [5.74, 6) is 0.721. The lowest BCUT2D eigenvalue weighted by atomic mass is 10.3. The van der Waals surface area contributed by atoms with Crippen molar-refractivity contribution in [1.29, 1.82) is 0 Å². The van der Waals surface area contributed by atoms with Gasteiger partial charge in [-0.1, -0.05) is 17.3 Å². The summed E-state index contributed by atoms with van der Waals surface area (Å²) in [6, 6.07) is 7.52. The lowest BCUT2D eigenvalue weighted by Gasteiger charge is -2.20. The quantitative estimate of drug-likeness (QED) is 0.764. The van der Waals surface area contributed by atoms with Crippen molar-refractivity contribution < 1.29 is 4.79 Å². The summed E-state index contributed by atoms with van der Waals surface area (Å²) >= 11 is 11.4. The van der Waals surface area contributed by atoms with E-state index in [1.807, 2.05) is 24.3 Å². The molecule has 0 N–H and O–H groups in total. The Morgan fingerprint density at radius 2 is 1.89 bits per heavy atom. The number of alkyl halides is 2. The lowest BCUT2D eigenvalue weighted by Crippen LogP contribution is -2.37. The Morgan fingerprint density at radius 1 is 1.21 bits per heavy atom. The zero-order chi connectivity index (χ0) is 13.7. The van der Waals surface area contributed by atoms with Crippen LogP contribution in [0.25, 0.3) is 11.0 Å². The highest BCUT2D eigenvalue weighted by atomic mass is 35.5. The smallest absolute Gasteiger partial charge is 0.244 e. The van der Waals surface area contributed by atoms with Crippen molar-refractivity contribution in [2.45, 2.75) is 6.54 Å². The molecule has 0 saturated carbocycles. The van der Waals surface area contributed by atoms with Gasteiger partial charge in [-0.15, -0.1) is 28.3 Å². The van der Waals surface area contributed by atoms with Crippen molar-refractivity contribution >= 4 is 40.1 Å². The van der Waals surface area contributed by atoms with Crippen LogP contribution in [-0.4, -0.2) is 50.7 Å². The second-order valence-corrected chi connectivity index (χ2v) is 4.75. The Hall–Kier alpha value is -1.33. The van der Waals surface area contributed by atoms with E-state index in [0.717, 1.165) is 11.0 Å². The molecule has 0 spiro atoms. The highest BCUT2D eigenvalue weighted by molar-refractivity contribution is 6.18. The maximum Gasteiger partial charge on any atom is 0.244 e. The highest BCUT2D eigenvalue weighted by Gasteiger charge is 2.15.